The van der Waals surface area contributed by atoms with Crippen LogP contribution in [0.25, 0.3) is 11.3 Å². The van der Waals surface area contributed by atoms with E-state index in [1.54, 1.807) is 11.8 Å². The standard InChI is InChI=1S/C25H28N4O4/c1-4-33-21-10-9-18(13-22(21)32-3)15-26-23(30)16-28-24-14-20(19-8-6-5-7-17(19)2)27-29(24)12-11-25(28)31/h5-10,13-14H,4,11-12,15-16H2,1-3H3,(H,26,30). The van der Waals surface area contributed by atoms with Crippen LogP contribution in [0.5, 0.6) is 11.5 Å². The predicted octanol–water partition coefficient (Wildman–Crippen LogP) is 3.32. The van der Waals surface area contributed by atoms with Crippen LogP contribution in [0.1, 0.15) is 24.5 Å². The van der Waals surface area contributed by atoms with Crippen LogP contribution < -0.4 is 19.7 Å². The second-order valence-corrected chi connectivity index (χ2v) is 7.85. The molecule has 1 N–H and O–H groups in total. The molecule has 8 heteroatoms. The van der Waals surface area contributed by atoms with E-state index >= 15 is 0 Å². The van der Waals surface area contributed by atoms with Gasteiger partial charge in [-0.15, -0.1) is 0 Å². The van der Waals surface area contributed by atoms with Crippen molar-refractivity contribution in [3.8, 4) is 22.8 Å². The highest BCUT2D eigenvalue weighted by Crippen LogP contribution is 2.30. The number of rotatable bonds is 8. The molecule has 1 aliphatic heterocycles. The van der Waals surface area contributed by atoms with Crippen molar-refractivity contribution in [3.05, 3.63) is 59.7 Å². The molecule has 1 aromatic heterocycles. The van der Waals surface area contributed by atoms with E-state index in [1.807, 2.05) is 62.4 Å². The van der Waals surface area contributed by atoms with Crippen LogP contribution in [-0.4, -0.2) is 41.9 Å². The third-order valence-electron chi connectivity index (χ3n) is 5.61. The summed E-state index contributed by atoms with van der Waals surface area (Å²) in [5.74, 6) is 1.58. The molecule has 0 saturated carbocycles. The first kappa shape index (κ1) is 22.4. The van der Waals surface area contributed by atoms with Crippen LogP contribution in [0.15, 0.2) is 48.5 Å². The van der Waals surface area contributed by atoms with Crippen LogP contribution in [0.4, 0.5) is 5.82 Å². The SMILES string of the molecule is CCOc1ccc(CNC(=O)CN2C(=O)CCn3nc(-c4ccccc4C)cc32)cc1OC. The van der Waals surface area contributed by atoms with Crippen LogP contribution in [0.3, 0.4) is 0 Å². The number of fused-ring (bicyclic) bond motifs is 1. The third-order valence-corrected chi connectivity index (χ3v) is 5.61. The summed E-state index contributed by atoms with van der Waals surface area (Å²) in [7, 11) is 1.58. The highest BCUT2D eigenvalue weighted by Gasteiger charge is 2.28. The molecule has 8 nitrogen and oxygen atoms in total. The van der Waals surface area contributed by atoms with Crippen molar-refractivity contribution in [3.63, 3.8) is 0 Å². The van der Waals surface area contributed by atoms with E-state index in [1.165, 1.54) is 4.90 Å². The van der Waals surface area contributed by atoms with Gasteiger partial charge >= 0.3 is 0 Å². The summed E-state index contributed by atoms with van der Waals surface area (Å²) in [6.07, 6.45) is 0.311. The second-order valence-electron chi connectivity index (χ2n) is 7.85. The monoisotopic (exact) mass is 448 g/mol. The molecule has 0 spiro atoms. The normalized spacial score (nSPS) is 12.9. The molecule has 0 aliphatic carbocycles. The fourth-order valence-corrected chi connectivity index (χ4v) is 3.91. The van der Waals surface area contributed by atoms with Crippen molar-refractivity contribution >= 4 is 17.6 Å². The maximum Gasteiger partial charge on any atom is 0.240 e. The Morgan fingerprint density at radius 1 is 1.15 bits per heavy atom. The molecular formula is C25H28N4O4. The summed E-state index contributed by atoms with van der Waals surface area (Å²) in [4.78, 5) is 26.8. The number of ether oxygens (including phenoxy) is 2. The number of hydrogen-bond acceptors (Lipinski definition) is 5. The number of methoxy groups -OCH3 is 1. The smallest absolute Gasteiger partial charge is 0.240 e. The maximum absolute atomic E-state index is 12.7. The molecule has 4 rings (SSSR count). The summed E-state index contributed by atoms with van der Waals surface area (Å²) in [5, 5.41) is 7.56. The molecule has 0 saturated heterocycles. The highest BCUT2D eigenvalue weighted by molar-refractivity contribution is 5.99. The zero-order chi connectivity index (χ0) is 23.4. The molecule has 2 amide bonds. The summed E-state index contributed by atoms with van der Waals surface area (Å²) >= 11 is 0. The Morgan fingerprint density at radius 3 is 2.73 bits per heavy atom. The zero-order valence-electron chi connectivity index (χ0n) is 19.1. The van der Waals surface area contributed by atoms with E-state index in [2.05, 4.69) is 10.4 Å². The quantitative estimate of drug-likeness (QED) is 0.571. The average Bonchev–Trinajstić information content (AvgIpc) is 3.25. The van der Waals surface area contributed by atoms with E-state index in [4.69, 9.17) is 9.47 Å². The lowest BCUT2D eigenvalue weighted by Gasteiger charge is -2.26. The van der Waals surface area contributed by atoms with Gasteiger partial charge in [0.2, 0.25) is 11.8 Å². The molecule has 0 unspecified atom stereocenters. The number of carbonyl (C=O) groups is 2. The third kappa shape index (κ3) is 4.84. The number of carbonyl (C=O) groups excluding carboxylic acids is 2. The lowest BCUT2D eigenvalue weighted by molar-refractivity contribution is -0.124. The van der Waals surface area contributed by atoms with Crippen LogP contribution >= 0.6 is 0 Å². The Balaban J connectivity index is 1.46. The van der Waals surface area contributed by atoms with E-state index in [-0.39, 0.29) is 18.4 Å². The molecule has 172 valence electrons. The number of anilines is 1. The Morgan fingerprint density at radius 2 is 1.97 bits per heavy atom. The van der Waals surface area contributed by atoms with Gasteiger partial charge in [0.1, 0.15) is 12.4 Å². The number of nitrogens with zero attached hydrogens (tertiary/aromatic N) is 3. The van der Waals surface area contributed by atoms with Gasteiger partial charge in [-0.2, -0.15) is 5.10 Å². The minimum Gasteiger partial charge on any atom is -0.493 e. The minimum atomic E-state index is -0.247. The number of hydrogen-bond donors (Lipinski definition) is 1. The second kappa shape index (κ2) is 9.77. The number of amides is 2. The fourth-order valence-electron chi connectivity index (χ4n) is 3.91. The van der Waals surface area contributed by atoms with Gasteiger partial charge in [0.15, 0.2) is 11.5 Å². The lowest BCUT2D eigenvalue weighted by atomic mass is 10.1. The minimum absolute atomic E-state index is 0.0636. The summed E-state index contributed by atoms with van der Waals surface area (Å²) in [6, 6.07) is 15.4. The molecule has 2 heterocycles. The molecule has 0 bridgehead atoms. The first-order chi connectivity index (χ1) is 16.0. The molecular weight excluding hydrogens is 420 g/mol. The van der Waals surface area contributed by atoms with Gasteiger partial charge in [-0.05, 0) is 37.1 Å². The van der Waals surface area contributed by atoms with Crippen LogP contribution in [0, 0.1) is 6.92 Å². The van der Waals surface area contributed by atoms with E-state index < -0.39 is 0 Å². The largest absolute Gasteiger partial charge is 0.493 e. The molecule has 3 aromatic rings. The van der Waals surface area contributed by atoms with Gasteiger partial charge in [0, 0.05) is 24.6 Å². The van der Waals surface area contributed by atoms with Gasteiger partial charge in [-0.1, -0.05) is 30.3 Å². The Bertz CT molecular complexity index is 1170. The number of aromatic nitrogens is 2. The first-order valence-corrected chi connectivity index (χ1v) is 11.0. The maximum atomic E-state index is 12.7. The summed E-state index contributed by atoms with van der Waals surface area (Å²) in [6.45, 7) is 5.23. The van der Waals surface area contributed by atoms with Crippen molar-refractivity contribution in [2.24, 2.45) is 0 Å². The van der Waals surface area contributed by atoms with Gasteiger partial charge in [0.25, 0.3) is 0 Å². The van der Waals surface area contributed by atoms with E-state index in [0.29, 0.717) is 43.4 Å². The molecule has 1 aliphatic rings. The van der Waals surface area contributed by atoms with Crippen molar-refractivity contribution in [1.82, 2.24) is 15.1 Å². The van der Waals surface area contributed by atoms with Crippen molar-refractivity contribution in [2.75, 3.05) is 25.2 Å². The van der Waals surface area contributed by atoms with Crippen molar-refractivity contribution < 1.29 is 19.1 Å². The Labute approximate surface area is 193 Å². The van der Waals surface area contributed by atoms with E-state index in [0.717, 1.165) is 22.4 Å². The zero-order valence-corrected chi connectivity index (χ0v) is 19.1. The Hall–Kier alpha value is -3.81. The van der Waals surface area contributed by atoms with E-state index in [9.17, 15) is 9.59 Å². The van der Waals surface area contributed by atoms with Crippen LogP contribution in [0.2, 0.25) is 0 Å². The molecule has 0 fully saturated rings. The fraction of sp³-hybridized carbons (Fsp3) is 0.320. The highest BCUT2D eigenvalue weighted by atomic mass is 16.5. The summed E-state index contributed by atoms with van der Waals surface area (Å²) in [5.41, 5.74) is 3.79. The molecule has 0 radical (unpaired) electrons. The van der Waals surface area contributed by atoms with Crippen molar-refractivity contribution in [1.29, 1.82) is 0 Å². The summed E-state index contributed by atoms with van der Waals surface area (Å²) < 4.78 is 12.7. The molecule has 2 aromatic carbocycles. The first-order valence-electron chi connectivity index (χ1n) is 11.0. The van der Waals surface area contributed by atoms with Gasteiger partial charge < -0.3 is 14.8 Å². The lowest BCUT2D eigenvalue weighted by Crippen LogP contribution is -2.44. The van der Waals surface area contributed by atoms with Gasteiger partial charge in [-0.3, -0.25) is 14.5 Å². The van der Waals surface area contributed by atoms with Gasteiger partial charge in [0.05, 0.1) is 26.0 Å². The Kier molecular flexibility index (Phi) is 6.63. The van der Waals surface area contributed by atoms with Crippen LogP contribution in [-0.2, 0) is 22.7 Å². The molecule has 0 atom stereocenters. The molecule has 33 heavy (non-hydrogen) atoms. The predicted molar refractivity (Wildman–Crippen MR) is 125 cm³/mol. The number of benzene rings is 2. The topological polar surface area (TPSA) is 85.7 Å². The van der Waals surface area contributed by atoms with Crippen molar-refractivity contribution in [2.45, 2.75) is 33.4 Å². The number of aryl methyl sites for hydroxylation is 2. The number of nitrogens with one attached hydrogen (secondary N) is 1. The average molecular weight is 449 g/mol. The van der Waals surface area contributed by atoms with Gasteiger partial charge in [-0.25, -0.2) is 4.68 Å².